The number of para-hydroxylation sites is 4. The van der Waals surface area contributed by atoms with Gasteiger partial charge in [-0.25, -0.2) is 4.98 Å². The monoisotopic (exact) mass is 636 g/mol. The third-order valence-corrected chi connectivity index (χ3v) is 10.3. The third kappa shape index (κ3) is 3.87. The standard InChI is InChI=1S/C46H28N4/c1-2-10-34(11-3-1)49-40-14-6-4-12-35(40)38-27-32(22-25-41(38)49)29-16-18-30(19-17-29)33-21-23-36-43(28-33)50-42-15-7-5-13-39(42)48-46(50)37-24-20-31-9-8-26-47-45(31)44(36)37/h1-28H. The van der Waals surface area contributed by atoms with E-state index in [2.05, 4.69) is 167 Å². The predicted molar refractivity (Wildman–Crippen MR) is 208 cm³/mol. The highest BCUT2D eigenvalue weighted by molar-refractivity contribution is 6.23. The van der Waals surface area contributed by atoms with Crippen LogP contribution in [0.4, 0.5) is 0 Å². The van der Waals surface area contributed by atoms with Crippen molar-refractivity contribution in [3.63, 3.8) is 0 Å². The summed E-state index contributed by atoms with van der Waals surface area (Å²) in [5, 5.41) is 7.07. The predicted octanol–water partition coefficient (Wildman–Crippen LogP) is 11.8. The summed E-state index contributed by atoms with van der Waals surface area (Å²) >= 11 is 0. The molecule has 0 aliphatic carbocycles. The molecule has 0 atom stereocenters. The molecular weight excluding hydrogens is 609 g/mol. The second kappa shape index (κ2) is 10.4. The lowest BCUT2D eigenvalue weighted by atomic mass is 9.96. The molecule has 11 rings (SSSR count). The lowest BCUT2D eigenvalue weighted by Gasteiger charge is -2.13. The second-order valence-corrected chi connectivity index (χ2v) is 13.1. The van der Waals surface area contributed by atoms with Gasteiger partial charge in [0.2, 0.25) is 0 Å². The van der Waals surface area contributed by atoms with E-state index in [0.29, 0.717) is 0 Å². The number of hydrogen-bond donors (Lipinski definition) is 0. The van der Waals surface area contributed by atoms with Gasteiger partial charge >= 0.3 is 0 Å². The Morgan fingerprint density at radius 3 is 1.96 bits per heavy atom. The minimum atomic E-state index is 0.956. The van der Waals surface area contributed by atoms with Crippen molar-refractivity contribution in [3.05, 3.63) is 170 Å². The zero-order chi connectivity index (χ0) is 32.8. The molecule has 4 heterocycles. The van der Waals surface area contributed by atoms with Gasteiger partial charge in [-0.05, 0) is 82.9 Å². The molecule has 0 N–H and O–H groups in total. The fraction of sp³-hybridized carbons (Fsp3) is 0. The van der Waals surface area contributed by atoms with Crippen LogP contribution in [-0.2, 0) is 0 Å². The summed E-state index contributed by atoms with van der Waals surface area (Å²) in [6.45, 7) is 0. The quantitative estimate of drug-likeness (QED) is 0.181. The number of benzene rings is 7. The molecule has 4 aromatic heterocycles. The van der Waals surface area contributed by atoms with Gasteiger partial charge in [-0.1, -0.05) is 103 Å². The van der Waals surface area contributed by atoms with Crippen LogP contribution in [0.15, 0.2) is 170 Å². The first kappa shape index (κ1) is 27.2. The molecule has 7 aromatic carbocycles. The Morgan fingerprint density at radius 2 is 1.10 bits per heavy atom. The van der Waals surface area contributed by atoms with Gasteiger partial charge in [0, 0.05) is 44.2 Å². The number of hydrogen-bond acceptors (Lipinski definition) is 2. The Labute approximate surface area is 287 Å². The van der Waals surface area contributed by atoms with Gasteiger partial charge in [0.25, 0.3) is 0 Å². The highest BCUT2D eigenvalue weighted by Crippen LogP contribution is 2.39. The molecule has 0 radical (unpaired) electrons. The van der Waals surface area contributed by atoms with Crippen molar-refractivity contribution in [2.45, 2.75) is 0 Å². The topological polar surface area (TPSA) is 35.1 Å². The smallest absolute Gasteiger partial charge is 0.146 e. The molecule has 0 amide bonds. The molecule has 232 valence electrons. The molecule has 4 heteroatoms. The van der Waals surface area contributed by atoms with Crippen LogP contribution in [0.5, 0.6) is 0 Å². The minimum Gasteiger partial charge on any atom is -0.309 e. The van der Waals surface area contributed by atoms with Gasteiger partial charge in [0.05, 0.1) is 33.1 Å². The second-order valence-electron chi connectivity index (χ2n) is 13.1. The molecule has 50 heavy (non-hydrogen) atoms. The number of imidazole rings is 1. The Kier molecular flexibility index (Phi) is 5.63. The van der Waals surface area contributed by atoms with Gasteiger partial charge < -0.3 is 4.57 Å². The summed E-state index contributed by atoms with van der Waals surface area (Å²) in [4.78, 5) is 9.99. The SMILES string of the molecule is c1ccc(-n2c3ccccc3c3cc(-c4ccc(-c5ccc6c7c(ccc8cccnc87)c7nc8ccccc8n7c6c5)cc4)ccc32)cc1. The number of fused-ring (bicyclic) bond motifs is 13. The van der Waals surface area contributed by atoms with Crippen LogP contribution in [0.3, 0.4) is 0 Å². The lowest BCUT2D eigenvalue weighted by molar-refractivity contribution is 1.18. The van der Waals surface area contributed by atoms with Gasteiger partial charge in [-0.2, -0.15) is 0 Å². The maximum Gasteiger partial charge on any atom is 0.146 e. The molecule has 0 aliphatic rings. The Bertz CT molecular complexity index is 3130. The zero-order valence-electron chi connectivity index (χ0n) is 27.0. The van der Waals surface area contributed by atoms with Gasteiger partial charge in [-0.3, -0.25) is 9.38 Å². The van der Waals surface area contributed by atoms with E-state index in [1.807, 2.05) is 12.3 Å². The minimum absolute atomic E-state index is 0.956. The van der Waals surface area contributed by atoms with Crippen molar-refractivity contribution in [1.29, 1.82) is 0 Å². The Morgan fingerprint density at radius 1 is 0.420 bits per heavy atom. The van der Waals surface area contributed by atoms with Crippen LogP contribution in [0.25, 0.3) is 99.0 Å². The highest BCUT2D eigenvalue weighted by Gasteiger charge is 2.17. The van der Waals surface area contributed by atoms with Gasteiger partial charge in [0.1, 0.15) is 5.65 Å². The van der Waals surface area contributed by atoms with E-state index in [0.717, 1.165) is 49.4 Å². The highest BCUT2D eigenvalue weighted by atomic mass is 15.0. The van der Waals surface area contributed by atoms with E-state index in [9.17, 15) is 0 Å². The first-order chi connectivity index (χ1) is 24.8. The molecular formula is C46H28N4. The molecule has 0 saturated carbocycles. The fourth-order valence-electron chi connectivity index (χ4n) is 8.03. The molecule has 0 aliphatic heterocycles. The zero-order valence-corrected chi connectivity index (χ0v) is 27.0. The summed E-state index contributed by atoms with van der Waals surface area (Å²) in [7, 11) is 0. The number of nitrogens with zero attached hydrogens (tertiary/aromatic N) is 4. The molecule has 0 spiro atoms. The summed E-state index contributed by atoms with van der Waals surface area (Å²) < 4.78 is 4.68. The molecule has 11 aromatic rings. The average Bonchev–Trinajstić information content (AvgIpc) is 3.74. The Balaban J connectivity index is 1.07. The van der Waals surface area contributed by atoms with Crippen LogP contribution in [0.1, 0.15) is 0 Å². The normalized spacial score (nSPS) is 12.0. The van der Waals surface area contributed by atoms with Gasteiger partial charge in [-0.15, -0.1) is 0 Å². The van der Waals surface area contributed by atoms with Crippen molar-refractivity contribution in [1.82, 2.24) is 18.9 Å². The third-order valence-electron chi connectivity index (χ3n) is 10.3. The summed E-state index contributed by atoms with van der Waals surface area (Å²) in [6, 6.07) is 58.9. The van der Waals surface area contributed by atoms with E-state index in [4.69, 9.17) is 9.97 Å². The number of rotatable bonds is 3. The summed E-state index contributed by atoms with van der Waals surface area (Å²) in [6.07, 6.45) is 1.88. The van der Waals surface area contributed by atoms with Crippen molar-refractivity contribution < 1.29 is 0 Å². The summed E-state index contributed by atoms with van der Waals surface area (Å²) in [5.74, 6) is 0. The maximum atomic E-state index is 5.14. The van der Waals surface area contributed by atoms with Crippen LogP contribution in [-0.4, -0.2) is 18.9 Å². The van der Waals surface area contributed by atoms with Crippen molar-refractivity contribution in [2.75, 3.05) is 0 Å². The van der Waals surface area contributed by atoms with E-state index < -0.39 is 0 Å². The molecule has 0 bridgehead atoms. The average molecular weight is 637 g/mol. The molecule has 0 saturated heterocycles. The van der Waals surface area contributed by atoms with Crippen molar-refractivity contribution in [2.24, 2.45) is 0 Å². The van der Waals surface area contributed by atoms with Crippen LogP contribution in [0.2, 0.25) is 0 Å². The number of pyridine rings is 2. The van der Waals surface area contributed by atoms with E-state index in [-0.39, 0.29) is 0 Å². The van der Waals surface area contributed by atoms with E-state index in [1.165, 1.54) is 49.6 Å². The number of aromatic nitrogens is 4. The van der Waals surface area contributed by atoms with Crippen molar-refractivity contribution >= 4 is 71.1 Å². The van der Waals surface area contributed by atoms with Crippen molar-refractivity contribution in [3.8, 4) is 27.9 Å². The largest absolute Gasteiger partial charge is 0.309 e. The summed E-state index contributed by atoms with van der Waals surface area (Å²) in [5.41, 5.74) is 13.5. The first-order valence-electron chi connectivity index (χ1n) is 17.0. The molecule has 4 nitrogen and oxygen atoms in total. The molecule has 0 fully saturated rings. The van der Waals surface area contributed by atoms with Crippen LogP contribution >= 0.6 is 0 Å². The van der Waals surface area contributed by atoms with Gasteiger partial charge in [0.15, 0.2) is 0 Å². The first-order valence-corrected chi connectivity index (χ1v) is 17.0. The Hall–Kier alpha value is -6.78. The van der Waals surface area contributed by atoms with Crippen LogP contribution < -0.4 is 0 Å². The van der Waals surface area contributed by atoms with E-state index >= 15 is 0 Å². The van der Waals surface area contributed by atoms with E-state index in [1.54, 1.807) is 0 Å². The lowest BCUT2D eigenvalue weighted by Crippen LogP contribution is -1.94. The van der Waals surface area contributed by atoms with Crippen LogP contribution in [0, 0.1) is 0 Å². The fourth-order valence-corrected chi connectivity index (χ4v) is 8.03. The maximum absolute atomic E-state index is 5.14. The molecule has 0 unspecified atom stereocenters.